The van der Waals surface area contributed by atoms with Crippen molar-refractivity contribution < 1.29 is 24.2 Å². The SMILES string of the molecule is CN(CC(=O)N1CCC[C@H]1CO)C(=O)CCC(=O)OCc1ccccc1. The molecular formula is C19H26N2O5. The Morgan fingerprint density at radius 2 is 1.96 bits per heavy atom. The van der Waals surface area contributed by atoms with Gasteiger partial charge in [-0.3, -0.25) is 14.4 Å². The van der Waals surface area contributed by atoms with Gasteiger partial charge in [0.05, 0.1) is 25.6 Å². The number of ether oxygens (including phenoxy) is 1. The Morgan fingerprint density at radius 1 is 1.23 bits per heavy atom. The second-order valence-corrected chi connectivity index (χ2v) is 6.46. The van der Waals surface area contributed by atoms with Crippen LogP contribution in [0.3, 0.4) is 0 Å². The van der Waals surface area contributed by atoms with Crippen molar-refractivity contribution in [2.24, 2.45) is 0 Å². The quantitative estimate of drug-likeness (QED) is 0.696. The van der Waals surface area contributed by atoms with Crippen LogP contribution < -0.4 is 0 Å². The van der Waals surface area contributed by atoms with Crippen LogP contribution in [0.25, 0.3) is 0 Å². The average molecular weight is 362 g/mol. The number of aliphatic hydroxyl groups is 1. The van der Waals surface area contributed by atoms with E-state index >= 15 is 0 Å². The molecule has 1 heterocycles. The summed E-state index contributed by atoms with van der Waals surface area (Å²) in [5.41, 5.74) is 0.888. The van der Waals surface area contributed by atoms with Crippen LogP contribution in [0.5, 0.6) is 0 Å². The summed E-state index contributed by atoms with van der Waals surface area (Å²) in [4.78, 5) is 39.1. The van der Waals surface area contributed by atoms with Gasteiger partial charge in [-0.2, -0.15) is 0 Å². The molecule has 0 aliphatic carbocycles. The van der Waals surface area contributed by atoms with Crippen molar-refractivity contribution in [2.45, 2.75) is 38.3 Å². The van der Waals surface area contributed by atoms with Crippen LogP contribution in [0.1, 0.15) is 31.2 Å². The number of hydrogen-bond acceptors (Lipinski definition) is 5. The third-order valence-electron chi connectivity index (χ3n) is 4.49. The Kier molecular flexibility index (Phi) is 7.59. The molecular weight excluding hydrogens is 336 g/mol. The molecule has 2 amide bonds. The maximum atomic E-state index is 12.3. The number of aliphatic hydroxyl groups excluding tert-OH is 1. The minimum atomic E-state index is -0.443. The molecule has 0 unspecified atom stereocenters. The first-order valence-corrected chi connectivity index (χ1v) is 8.85. The van der Waals surface area contributed by atoms with Crippen LogP contribution in [-0.4, -0.2) is 65.5 Å². The predicted molar refractivity (Wildman–Crippen MR) is 94.9 cm³/mol. The van der Waals surface area contributed by atoms with Gasteiger partial charge in [-0.25, -0.2) is 0 Å². The van der Waals surface area contributed by atoms with E-state index in [0.717, 1.165) is 18.4 Å². The number of hydrogen-bond donors (Lipinski definition) is 1. The average Bonchev–Trinajstić information content (AvgIpc) is 3.14. The van der Waals surface area contributed by atoms with Crippen LogP contribution in [-0.2, 0) is 25.7 Å². The Hall–Kier alpha value is -2.41. The highest BCUT2D eigenvalue weighted by Crippen LogP contribution is 2.17. The standard InChI is InChI=1S/C19H26N2O5/c1-20(12-18(24)21-11-5-8-16(21)13-22)17(23)9-10-19(25)26-14-15-6-3-2-4-7-15/h2-4,6-7,16,22H,5,8-14H2,1H3/t16-/m0/s1. The first-order chi connectivity index (χ1) is 12.5. The fourth-order valence-electron chi connectivity index (χ4n) is 2.95. The van der Waals surface area contributed by atoms with E-state index in [1.165, 1.54) is 4.90 Å². The second kappa shape index (κ2) is 9.91. The zero-order chi connectivity index (χ0) is 18.9. The number of carbonyl (C=O) groups is 3. The molecule has 0 bridgehead atoms. The van der Waals surface area contributed by atoms with Gasteiger partial charge in [-0.05, 0) is 18.4 Å². The summed E-state index contributed by atoms with van der Waals surface area (Å²) in [6.45, 7) is 0.683. The summed E-state index contributed by atoms with van der Waals surface area (Å²) < 4.78 is 5.14. The summed E-state index contributed by atoms with van der Waals surface area (Å²) in [6, 6.07) is 9.16. The lowest BCUT2D eigenvalue weighted by molar-refractivity contribution is -0.147. The maximum Gasteiger partial charge on any atom is 0.306 e. The number of carbonyl (C=O) groups excluding carboxylic acids is 3. The summed E-state index contributed by atoms with van der Waals surface area (Å²) in [5, 5.41) is 9.28. The predicted octanol–water partition coefficient (Wildman–Crippen LogP) is 0.952. The molecule has 7 heteroatoms. The molecule has 142 valence electrons. The maximum absolute atomic E-state index is 12.3. The highest BCUT2D eigenvalue weighted by Gasteiger charge is 2.29. The minimum Gasteiger partial charge on any atom is -0.461 e. The number of benzene rings is 1. The molecule has 0 radical (unpaired) electrons. The van der Waals surface area contributed by atoms with Crippen LogP contribution in [0.15, 0.2) is 30.3 Å². The fourth-order valence-corrected chi connectivity index (χ4v) is 2.95. The Labute approximate surface area is 153 Å². The number of nitrogens with zero attached hydrogens (tertiary/aromatic N) is 2. The van der Waals surface area contributed by atoms with Crippen molar-refractivity contribution in [2.75, 3.05) is 26.7 Å². The molecule has 1 aliphatic heterocycles. The smallest absolute Gasteiger partial charge is 0.306 e. The van der Waals surface area contributed by atoms with Gasteiger partial charge in [0.1, 0.15) is 6.61 Å². The third kappa shape index (κ3) is 5.84. The van der Waals surface area contributed by atoms with Crippen molar-refractivity contribution in [1.29, 1.82) is 0 Å². The van der Waals surface area contributed by atoms with Crippen LogP contribution in [0.2, 0.25) is 0 Å². The molecule has 0 spiro atoms. The second-order valence-electron chi connectivity index (χ2n) is 6.46. The largest absolute Gasteiger partial charge is 0.461 e. The zero-order valence-electron chi connectivity index (χ0n) is 15.1. The summed E-state index contributed by atoms with van der Waals surface area (Å²) in [6.07, 6.45) is 1.63. The van der Waals surface area contributed by atoms with E-state index in [4.69, 9.17) is 4.74 Å². The summed E-state index contributed by atoms with van der Waals surface area (Å²) in [5.74, 6) is -0.902. The third-order valence-corrected chi connectivity index (χ3v) is 4.49. The van der Waals surface area contributed by atoms with Gasteiger partial charge in [0.15, 0.2) is 0 Å². The number of likely N-dealkylation sites (tertiary alicyclic amines) is 1. The lowest BCUT2D eigenvalue weighted by atomic mass is 10.2. The lowest BCUT2D eigenvalue weighted by Gasteiger charge is -2.26. The molecule has 26 heavy (non-hydrogen) atoms. The van der Waals surface area contributed by atoms with Crippen LogP contribution in [0.4, 0.5) is 0 Å². The molecule has 1 atom stereocenters. The molecule has 1 fully saturated rings. The van der Waals surface area contributed by atoms with Gasteiger partial charge in [-0.1, -0.05) is 30.3 Å². The molecule has 0 saturated carbocycles. The lowest BCUT2D eigenvalue weighted by Crippen LogP contribution is -2.44. The fraction of sp³-hybridized carbons (Fsp3) is 0.526. The Morgan fingerprint density at radius 3 is 2.65 bits per heavy atom. The number of rotatable bonds is 8. The zero-order valence-corrected chi connectivity index (χ0v) is 15.1. The molecule has 1 aromatic carbocycles. The topological polar surface area (TPSA) is 87.2 Å². The van der Waals surface area contributed by atoms with E-state index in [0.29, 0.717) is 6.54 Å². The molecule has 1 N–H and O–H groups in total. The van der Waals surface area contributed by atoms with Gasteiger partial charge in [-0.15, -0.1) is 0 Å². The van der Waals surface area contributed by atoms with Crippen molar-refractivity contribution >= 4 is 17.8 Å². The van der Waals surface area contributed by atoms with Gasteiger partial charge in [0.2, 0.25) is 11.8 Å². The van der Waals surface area contributed by atoms with Crippen LogP contribution in [0, 0.1) is 0 Å². The number of esters is 1. The van der Waals surface area contributed by atoms with E-state index < -0.39 is 5.97 Å². The van der Waals surface area contributed by atoms with Gasteiger partial charge in [0.25, 0.3) is 0 Å². The van der Waals surface area contributed by atoms with Crippen molar-refractivity contribution in [3.63, 3.8) is 0 Å². The van der Waals surface area contributed by atoms with E-state index in [-0.39, 0.29) is 50.5 Å². The highest BCUT2D eigenvalue weighted by molar-refractivity contribution is 5.86. The molecule has 0 aromatic heterocycles. The van der Waals surface area contributed by atoms with Crippen molar-refractivity contribution in [3.05, 3.63) is 35.9 Å². The normalized spacial score (nSPS) is 16.4. The highest BCUT2D eigenvalue weighted by atomic mass is 16.5. The summed E-state index contributed by atoms with van der Waals surface area (Å²) >= 11 is 0. The van der Waals surface area contributed by atoms with Crippen LogP contribution >= 0.6 is 0 Å². The van der Waals surface area contributed by atoms with E-state index in [2.05, 4.69) is 0 Å². The summed E-state index contributed by atoms with van der Waals surface area (Å²) in [7, 11) is 1.54. The first-order valence-electron chi connectivity index (χ1n) is 8.85. The molecule has 1 saturated heterocycles. The van der Waals surface area contributed by atoms with E-state index in [1.807, 2.05) is 30.3 Å². The van der Waals surface area contributed by atoms with Crippen molar-refractivity contribution in [1.82, 2.24) is 9.80 Å². The van der Waals surface area contributed by atoms with E-state index in [1.54, 1.807) is 11.9 Å². The van der Waals surface area contributed by atoms with E-state index in [9.17, 15) is 19.5 Å². The monoisotopic (exact) mass is 362 g/mol. The van der Waals surface area contributed by atoms with Gasteiger partial charge >= 0.3 is 5.97 Å². The van der Waals surface area contributed by atoms with Crippen molar-refractivity contribution in [3.8, 4) is 0 Å². The minimum absolute atomic E-state index is 0.000825. The molecule has 2 rings (SSSR count). The molecule has 1 aliphatic rings. The Balaban J connectivity index is 1.69. The first kappa shape index (κ1) is 19.9. The van der Waals surface area contributed by atoms with Gasteiger partial charge in [0, 0.05) is 20.0 Å². The van der Waals surface area contributed by atoms with Gasteiger partial charge < -0.3 is 19.6 Å². The Bertz CT molecular complexity index is 620. The molecule has 7 nitrogen and oxygen atoms in total. The molecule has 1 aromatic rings. The number of amides is 2. The number of likely N-dealkylation sites (N-methyl/N-ethyl adjacent to an activating group) is 1.